The monoisotopic (exact) mass is 308 g/mol. The van der Waals surface area contributed by atoms with E-state index in [1.54, 1.807) is 13.8 Å². The summed E-state index contributed by atoms with van der Waals surface area (Å²) in [7, 11) is 0. The largest absolute Gasteiger partial charge is 0.481 e. The molecule has 0 saturated carbocycles. The summed E-state index contributed by atoms with van der Waals surface area (Å²) in [6.07, 6.45) is 0.594. The number of thiophene rings is 1. The van der Waals surface area contributed by atoms with Crippen LogP contribution in [0.1, 0.15) is 37.0 Å². The number of carboxylic acid groups (broad SMARTS) is 1. The smallest absolute Gasteiger partial charge is 0.310 e. The lowest BCUT2D eigenvalue weighted by molar-refractivity contribution is -0.147. The van der Waals surface area contributed by atoms with Crippen LogP contribution in [0.3, 0.4) is 0 Å². The summed E-state index contributed by atoms with van der Waals surface area (Å²) in [4.78, 5) is 30.5. The number of carboxylic acids is 1. The molecule has 0 atom stereocenters. The summed E-state index contributed by atoms with van der Waals surface area (Å²) >= 11 is 1.51. The molecule has 1 N–H and O–H groups in total. The van der Waals surface area contributed by atoms with Gasteiger partial charge in [0.1, 0.15) is 10.7 Å². The van der Waals surface area contributed by atoms with Gasteiger partial charge in [0.25, 0.3) is 5.56 Å². The predicted octanol–water partition coefficient (Wildman–Crippen LogP) is 2.75. The van der Waals surface area contributed by atoms with Crippen LogP contribution in [0.15, 0.2) is 4.79 Å². The zero-order chi connectivity index (χ0) is 15.9. The Hall–Kier alpha value is -1.69. The minimum atomic E-state index is -1.01. The number of nitrogens with zero attached hydrogens (tertiary/aromatic N) is 2. The molecule has 21 heavy (non-hydrogen) atoms. The van der Waals surface area contributed by atoms with Gasteiger partial charge in [-0.2, -0.15) is 0 Å². The third-order valence-corrected chi connectivity index (χ3v) is 4.92. The molecule has 0 bridgehead atoms. The van der Waals surface area contributed by atoms with Crippen LogP contribution in [0.2, 0.25) is 0 Å². The number of aromatic nitrogens is 2. The second kappa shape index (κ2) is 5.26. The Bertz CT molecular complexity index is 771. The molecule has 0 aliphatic heterocycles. The Kier molecular flexibility index (Phi) is 3.93. The highest BCUT2D eigenvalue weighted by Gasteiger charge is 2.29. The summed E-state index contributed by atoms with van der Waals surface area (Å²) in [5.41, 5.74) is -0.202. The third-order valence-electron chi connectivity index (χ3n) is 3.82. The number of hydrogen-bond acceptors (Lipinski definition) is 4. The first-order valence-corrected chi connectivity index (χ1v) is 7.73. The molecular weight excluding hydrogens is 288 g/mol. The van der Waals surface area contributed by atoms with Crippen LogP contribution in [-0.4, -0.2) is 20.6 Å². The van der Waals surface area contributed by atoms with E-state index >= 15 is 0 Å². The van der Waals surface area contributed by atoms with E-state index in [0.29, 0.717) is 17.6 Å². The van der Waals surface area contributed by atoms with Crippen LogP contribution < -0.4 is 5.56 Å². The first-order valence-electron chi connectivity index (χ1n) is 6.91. The Balaban J connectivity index is 2.73. The van der Waals surface area contributed by atoms with Gasteiger partial charge in [-0.25, -0.2) is 4.98 Å². The van der Waals surface area contributed by atoms with Crippen LogP contribution in [0.25, 0.3) is 10.2 Å². The standard InChI is InChI=1S/C15H20N2O3S/c1-6-10-16-12-11(8(2)9(3)21-12)13(18)17(10)7-15(4,5)14(19)20/h6-7H2,1-5H3,(H,19,20). The molecule has 0 saturated heterocycles. The quantitative estimate of drug-likeness (QED) is 0.942. The maximum absolute atomic E-state index is 12.8. The molecule has 0 amide bonds. The molecule has 2 aromatic rings. The molecule has 0 aromatic carbocycles. The maximum Gasteiger partial charge on any atom is 0.310 e. The first kappa shape index (κ1) is 15.7. The number of hydrogen-bond donors (Lipinski definition) is 1. The van der Waals surface area contributed by atoms with E-state index in [1.807, 2.05) is 20.8 Å². The van der Waals surface area contributed by atoms with Gasteiger partial charge in [-0.1, -0.05) is 6.92 Å². The van der Waals surface area contributed by atoms with Crippen molar-refractivity contribution in [3.8, 4) is 0 Å². The molecular formula is C15H20N2O3S. The predicted molar refractivity (Wildman–Crippen MR) is 84.1 cm³/mol. The van der Waals surface area contributed by atoms with Crippen molar-refractivity contribution in [3.63, 3.8) is 0 Å². The first-order chi connectivity index (χ1) is 9.69. The average Bonchev–Trinajstić information content (AvgIpc) is 2.68. The molecule has 0 unspecified atom stereocenters. The van der Waals surface area contributed by atoms with Crippen LogP contribution in [0, 0.1) is 19.3 Å². The maximum atomic E-state index is 12.8. The van der Waals surface area contributed by atoms with Gasteiger partial charge < -0.3 is 5.11 Å². The van der Waals surface area contributed by atoms with Crippen molar-refractivity contribution in [2.45, 2.75) is 47.6 Å². The second-order valence-electron chi connectivity index (χ2n) is 5.93. The van der Waals surface area contributed by atoms with Crippen molar-refractivity contribution >= 4 is 27.5 Å². The van der Waals surface area contributed by atoms with E-state index in [4.69, 9.17) is 0 Å². The summed E-state index contributed by atoms with van der Waals surface area (Å²) in [5.74, 6) is -0.280. The van der Waals surface area contributed by atoms with Crippen molar-refractivity contribution in [1.82, 2.24) is 9.55 Å². The van der Waals surface area contributed by atoms with Crippen molar-refractivity contribution in [2.75, 3.05) is 0 Å². The zero-order valence-corrected chi connectivity index (χ0v) is 13.8. The molecule has 0 spiro atoms. The highest BCUT2D eigenvalue weighted by molar-refractivity contribution is 7.18. The Morgan fingerprint density at radius 1 is 1.38 bits per heavy atom. The van der Waals surface area contributed by atoms with E-state index in [1.165, 1.54) is 15.9 Å². The van der Waals surface area contributed by atoms with Gasteiger partial charge in [0, 0.05) is 17.8 Å². The highest BCUT2D eigenvalue weighted by Crippen LogP contribution is 2.27. The normalized spacial score (nSPS) is 12.0. The number of rotatable bonds is 4. The molecule has 0 fully saturated rings. The molecule has 2 heterocycles. The third kappa shape index (κ3) is 2.60. The van der Waals surface area contributed by atoms with Crippen molar-refractivity contribution in [2.24, 2.45) is 5.41 Å². The molecule has 0 radical (unpaired) electrons. The Morgan fingerprint density at radius 3 is 2.52 bits per heavy atom. The zero-order valence-electron chi connectivity index (χ0n) is 13.0. The SMILES string of the molecule is CCc1nc2sc(C)c(C)c2c(=O)n1CC(C)(C)C(=O)O. The van der Waals surface area contributed by atoms with Crippen LogP contribution in [0.5, 0.6) is 0 Å². The van der Waals surface area contributed by atoms with Gasteiger partial charge >= 0.3 is 5.97 Å². The lowest BCUT2D eigenvalue weighted by atomic mass is 9.93. The highest BCUT2D eigenvalue weighted by atomic mass is 32.1. The number of aryl methyl sites for hydroxylation is 3. The van der Waals surface area contributed by atoms with E-state index in [9.17, 15) is 14.7 Å². The van der Waals surface area contributed by atoms with Gasteiger partial charge in [0.15, 0.2) is 0 Å². The number of fused-ring (bicyclic) bond motifs is 1. The van der Waals surface area contributed by atoms with E-state index in [-0.39, 0.29) is 12.1 Å². The van der Waals surface area contributed by atoms with Crippen LogP contribution >= 0.6 is 11.3 Å². The van der Waals surface area contributed by atoms with Gasteiger partial charge in [-0.15, -0.1) is 11.3 Å². The minimum absolute atomic E-state index is 0.127. The fourth-order valence-electron chi connectivity index (χ4n) is 2.27. The fraction of sp³-hybridized carbons (Fsp3) is 0.533. The lowest BCUT2D eigenvalue weighted by Gasteiger charge is -2.22. The van der Waals surface area contributed by atoms with Gasteiger partial charge in [-0.3, -0.25) is 14.2 Å². The van der Waals surface area contributed by atoms with Crippen molar-refractivity contribution in [3.05, 3.63) is 26.6 Å². The van der Waals surface area contributed by atoms with E-state index in [2.05, 4.69) is 4.98 Å². The van der Waals surface area contributed by atoms with Gasteiger partial charge in [-0.05, 0) is 33.3 Å². The summed E-state index contributed by atoms with van der Waals surface area (Å²) in [5, 5.41) is 9.92. The molecule has 2 aromatic heterocycles. The number of aliphatic carboxylic acids is 1. The summed E-state index contributed by atoms with van der Waals surface area (Å²) < 4.78 is 1.52. The van der Waals surface area contributed by atoms with E-state index < -0.39 is 11.4 Å². The Morgan fingerprint density at radius 2 is 2.00 bits per heavy atom. The van der Waals surface area contributed by atoms with Crippen LogP contribution in [0.4, 0.5) is 0 Å². The van der Waals surface area contributed by atoms with Gasteiger partial charge in [0.2, 0.25) is 0 Å². The van der Waals surface area contributed by atoms with E-state index in [0.717, 1.165) is 15.3 Å². The Labute approximate surface area is 127 Å². The second-order valence-corrected chi connectivity index (χ2v) is 7.13. The molecule has 6 heteroatoms. The molecule has 0 aliphatic rings. The fourth-order valence-corrected chi connectivity index (χ4v) is 3.30. The molecule has 5 nitrogen and oxygen atoms in total. The topological polar surface area (TPSA) is 72.2 Å². The summed E-state index contributed by atoms with van der Waals surface area (Å²) in [6, 6.07) is 0. The van der Waals surface area contributed by atoms with Crippen molar-refractivity contribution < 1.29 is 9.90 Å². The lowest BCUT2D eigenvalue weighted by Crippen LogP contribution is -2.36. The van der Waals surface area contributed by atoms with Crippen LogP contribution in [-0.2, 0) is 17.8 Å². The number of carbonyl (C=O) groups is 1. The molecule has 0 aliphatic carbocycles. The summed E-state index contributed by atoms with van der Waals surface area (Å²) in [6.45, 7) is 9.18. The van der Waals surface area contributed by atoms with Gasteiger partial charge in [0.05, 0.1) is 10.8 Å². The average molecular weight is 308 g/mol. The minimum Gasteiger partial charge on any atom is -0.481 e. The molecule has 114 valence electrons. The van der Waals surface area contributed by atoms with Crippen molar-refractivity contribution in [1.29, 1.82) is 0 Å². The molecule has 2 rings (SSSR count).